The van der Waals surface area contributed by atoms with Crippen LogP contribution >= 0.6 is 0 Å². The highest BCUT2D eigenvalue weighted by atomic mass is 15.3. The molecule has 0 unspecified atom stereocenters. The van der Waals surface area contributed by atoms with Crippen molar-refractivity contribution in [1.29, 1.82) is 5.41 Å². The lowest BCUT2D eigenvalue weighted by Gasteiger charge is -2.36. The highest BCUT2D eigenvalue weighted by Gasteiger charge is 2.18. The minimum absolute atomic E-state index is 0.00368. The van der Waals surface area contributed by atoms with Gasteiger partial charge in [-0.05, 0) is 24.3 Å². The zero-order valence-electron chi connectivity index (χ0n) is 11.7. The molecule has 21 heavy (non-hydrogen) atoms. The van der Waals surface area contributed by atoms with Crippen LogP contribution in [0.3, 0.4) is 0 Å². The number of nitrogens with two attached hydrogens (primary N) is 1. The molecule has 3 heterocycles. The maximum absolute atomic E-state index is 7.47. The summed E-state index contributed by atoms with van der Waals surface area (Å²) < 4.78 is 0. The predicted molar refractivity (Wildman–Crippen MR) is 83.9 cm³/mol. The van der Waals surface area contributed by atoms with Crippen molar-refractivity contribution < 1.29 is 0 Å². The fourth-order valence-electron chi connectivity index (χ4n) is 2.50. The number of nitrogen functional groups attached to an aromatic ring is 1. The van der Waals surface area contributed by atoms with Crippen LogP contribution in [0.1, 0.15) is 5.69 Å². The van der Waals surface area contributed by atoms with E-state index in [0.29, 0.717) is 5.69 Å². The van der Waals surface area contributed by atoms with Crippen molar-refractivity contribution in [2.75, 3.05) is 36.0 Å². The lowest BCUT2D eigenvalue weighted by molar-refractivity contribution is 0.647. The molecule has 0 atom stereocenters. The van der Waals surface area contributed by atoms with Gasteiger partial charge in [0.1, 0.15) is 17.3 Å². The van der Waals surface area contributed by atoms with Crippen LogP contribution in [-0.2, 0) is 0 Å². The Morgan fingerprint density at radius 1 is 1.00 bits per heavy atom. The van der Waals surface area contributed by atoms with E-state index in [9.17, 15) is 0 Å². The van der Waals surface area contributed by atoms with Crippen molar-refractivity contribution in [3.05, 3.63) is 48.4 Å². The Hall–Kier alpha value is -2.63. The van der Waals surface area contributed by atoms with E-state index in [0.717, 1.165) is 37.7 Å². The Morgan fingerprint density at radius 3 is 2.43 bits per heavy atom. The number of nitrogens with zero attached hydrogens (tertiary/aromatic N) is 4. The third-order valence-corrected chi connectivity index (χ3v) is 3.64. The van der Waals surface area contributed by atoms with Gasteiger partial charge in [-0.3, -0.25) is 10.4 Å². The third-order valence-electron chi connectivity index (χ3n) is 3.64. The van der Waals surface area contributed by atoms with Crippen molar-refractivity contribution in [3.8, 4) is 0 Å². The molecule has 1 aliphatic rings. The van der Waals surface area contributed by atoms with Gasteiger partial charge in [0.2, 0.25) is 0 Å². The number of pyridine rings is 2. The van der Waals surface area contributed by atoms with Crippen LogP contribution in [0.15, 0.2) is 42.7 Å². The first-order valence-corrected chi connectivity index (χ1v) is 6.95. The van der Waals surface area contributed by atoms with E-state index in [2.05, 4.69) is 19.8 Å². The highest BCUT2D eigenvalue weighted by molar-refractivity contribution is 5.93. The van der Waals surface area contributed by atoms with Gasteiger partial charge in [0.15, 0.2) is 0 Å². The van der Waals surface area contributed by atoms with Crippen LogP contribution in [0.2, 0.25) is 0 Å². The lowest BCUT2D eigenvalue weighted by atomic mass is 10.2. The summed E-state index contributed by atoms with van der Waals surface area (Å²) in [5.41, 5.74) is 7.09. The molecule has 0 aliphatic carbocycles. The summed E-state index contributed by atoms with van der Waals surface area (Å²) in [6.45, 7) is 3.68. The number of nitrogens with one attached hydrogen (secondary N) is 1. The Balaban J connectivity index is 1.68. The number of aromatic nitrogens is 2. The van der Waals surface area contributed by atoms with Crippen LogP contribution in [0.25, 0.3) is 0 Å². The average Bonchev–Trinajstić information content (AvgIpc) is 2.56. The number of hydrogen-bond donors (Lipinski definition) is 2. The molecular formula is C15H18N6. The zero-order chi connectivity index (χ0) is 14.7. The maximum atomic E-state index is 7.47. The Kier molecular flexibility index (Phi) is 3.68. The van der Waals surface area contributed by atoms with Crippen LogP contribution in [0.4, 0.5) is 11.5 Å². The third kappa shape index (κ3) is 2.94. The maximum Gasteiger partial charge on any atom is 0.141 e. The molecule has 3 N–H and O–H groups in total. The van der Waals surface area contributed by atoms with Gasteiger partial charge >= 0.3 is 0 Å². The number of piperazine rings is 1. The molecule has 6 heteroatoms. The average molecular weight is 282 g/mol. The normalized spacial score (nSPS) is 15.0. The zero-order valence-corrected chi connectivity index (χ0v) is 11.7. The van der Waals surface area contributed by atoms with Crippen LogP contribution in [0, 0.1) is 5.41 Å². The molecule has 0 radical (unpaired) electrons. The quantitative estimate of drug-likeness (QED) is 0.650. The van der Waals surface area contributed by atoms with Crippen molar-refractivity contribution >= 4 is 17.3 Å². The molecule has 1 saturated heterocycles. The van der Waals surface area contributed by atoms with E-state index in [-0.39, 0.29) is 5.84 Å². The van der Waals surface area contributed by atoms with E-state index >= 15 is 0 Å². The molecule has 108 valence electrons. The van der Waals surface area contributed by atoms with Crippen LogP contribution in [-0.4, -0.2) is 42.0 Å². The number of anilines is 2. The molecule has 2 aromatic rings. The second-order valence-corrected chi connectivity index (χ2v) is 4.97. The van der Waals surface area contributed by atoms with E-state index in [1.807, 2.05) is 36.5 Å². The molecule has 3 rings (SSSR count). The number of amidine groups is 1. The topological polar surface area (TPSA) is 82.1 Å². The van der Waals surface area contributed by atoms with E-state index < -0.39 is 0 Å². The largest absolute Gasteiger partial charge is 0.382 e. The molecular weight excluding hydrogens is 264 g/mol. The molecule has 1 aliphatic heterocycles. The van der Waals surface area contributed by atoms with Gasteiger partial charge in [-0.2, -0.15) is 0 Å². The SMILES string of the molecule is N=C(N)c1cc(N2CCN(c3ccccn3)CC2)ccn1. The molecule has 1 fully saturated rings. The van der Waals surface area contributed by atoms with Gasteiger partial charge in [0, 0.05) is 44.3 Å². The summed E-state index contributed by atoms with van der Waals surface area (Å²) in [7, 11) is 0. The number of hydrogen-bond acceptors (Lipinski definition) is 5. The second kappa shape index (κ2) is 5.78. The summed E-state index contributed by atoms with van der Waals surface area (Å²) in [6, 6.07) is 9.81. The van der Waals surface area contributed by atoms with Gasteiger partial charge < -0.3 is 15.5 Å². The molecule has 2 aromatic heterocycles. The fraction of sp³-hybridized carbons (Fsp3) is 0.267. The smallest absolute Gasteiger partial charge is 0.141 e. The van der Waals surface area contributed by atoms with E-state index in [4.69, 9.17) is 11.1 Å². The van der Waals surface area contributed by atoms with Crippen LogP contribution < -0.4 is 15.5 Å². The minimum atomic E-state index is 0.00368. The molecule has 6 nitrogen and oxygen atoms in total. The first-order valence-electron chi connectivity index (χ1n) is 6.95. The second-order valence-electron chi connectivity index (χ2n) is 4.97. The molecule has 0 spiro atoms. The van der Waals surface area contributed by atoms with Crippen LogP contribution in [0.5, 0.6) is 0 Å². The fourth-order valence-corrected chi connectivity index (χ4v) is 2.50. The molecule has 0 aromatic carbocycles. The van der Waals surface area contributed by atoms with Gasteiger partial charge in [-0.1, -0.05) is 6.07 Å². The minimum Gasteiger partial charge on any atom is -0.382 e. The van der Waals surface area contributed by atoms with Crippen molar-refractivity contribution in [2.45, 2.75) is 0 Å². The predicted octanol–water partition coefficient (Wildman–Crippen LogP) is 1.09. The Labute approximate surface area is 123 Å². The first-order chi connectivity index (χ1) is 10.2. The van der Waals surface area contributed by atoms with Crippen molar-refractivity contribution in [3.63, 3.8) is 0 Å². The Bertz CT molecular complexity index is 619. The molecule has 0 saturated carbocycles. The highest BCUT2D eigenvalue weighted by Crippen LogP contribution is 2.19. The summed E-state index contributed by atoms with van der Waals surface area (Å²) in [6.07, 6.45) is 3.53. The number of rotatable bonds is 3. The summed E-state index contributed by atoms with van der Waals surface area (Å²) in [4.78, 5) is 13.1. The summed E-state index contributed by atoms with van der Waals surface area (Å²) in [5, 5.41) is 7.47. The van der Waals surface area contributed by atoms with Gasteiger partial charge in [-0.25, -0.2) is 4.98 Å². The van der Waals surface area contributed by atoms with Gasteiger partial charge in [0.25, 0.3) is 0 Å². The molecule has 0 amide bonds. The Morgan fingerprint density at radius 2 is 1.76 bits per heavy atom. The molecule has 0 bridgehead atoms. The monoisotopic (exact) mass is 282 g/mol. The van der Waals surface area contributed by atoms with E-state index in [1.54, 1.807) is 6.20 Å². The van der Waals surface area contributed by atoms with Crippen molar-refractivity contribution in [1.82, 2.24) is 9.97 Å². The standard InChI is InChI=1S/C15H18N6/c16-15(17)13-11-12(4-6-18-13)20-7-9-21(10-8-20)14-3-1-2-5-19-14/h1-6,11H,7-10H2,(H3,16,17). The van der Waals surface area contributed by atoms with Crippen molar-refractivity contribution in [2.24, 2.45) is 5.73 Å². The van der Waals surface area contributed by atoms with Gasteiger partial charge in [-0.15, -0.1) is 0 Å². The van der Waals surface area contributed by atoms with Gasteiger partial charge in [0.05, 0.1) is 0 Å². The summed E-state index contributed by atoms with van der Waals surface area (Å²) >= 11 is 0. The lowest BCUT2D eigenvalue weighted by Crippen LogP contribution is -2.46. The van der Waals surface area contributed by atoms with E-state index in [1.165, 1.54) is 0 Å². The summed E-state index contributed by atoms with van der Waals surface area (Å²) in [5.74, 6) is 1.03. The first kappa shape index (κ1) is 13.4.